The third-order valence-corrected chi connectivity index (χ3v) is 5.83. The second-order valence-electron chi connectivity index (χ2n) is 7.82. The van der Waals surface area contributed by atoms with Crippen molar-refractivity contribution in [3.63, 3.8) is 0 Å². The first-order valence-corrected chi connectivity index (χ1v) is 9.69. The normalized spacial score (nSPS) is 22.3. The minimum Gasteiger partial charge on any atom is -0.338 e. The monoisotopic (exact) mass is 388 g/mol. The molecule has 1 amide bonds. The van der Waals surface area contributed by atoms with Gasteiger partial charge in [0.1, 0.15) is 5.82 Å². The summed E-state index contributed by atoms with van der Waals surface area (Å²) < 4.78 is 41.4. The summed E-state index contributed by atoms with van der Waals surface area (Å²) >= 11 is 0. The summed E-state index contributed by atoms with van der Waals surface area (Å²) in [5.41, 5.74) is 0.747. The number of piperidine rings is 1. The Morgan fingerprint density at radius 3 is 2.46 bits per heavy atom. The first-order valence-electron chi connectivity index (χ1n) is 9.69. The Balaban J connectivity index is 1.48. The number of fused-ring (bicyclic) bond motifs is 4. The van der Waals surface area contributed by atoms with Crippen molar-refractivity contribution >= 4 is 5.91 Å². The van der Waals surface area contributed by atoms with Gasteiger partial charge in [0.05, 0.1) is 6.42 Å². The molecule has 2 aromatic rings. The average Bonchev–Trinajstić information content (AvgIpc) is 2.99. The molecule has 5 rings (SSSR count). The maximum absolute atomic E-state index is 14.0. The summed E-state index contributed by atoms with van der Waals surface area (Å²) in [4.78, 5) is 17.0. The summed E-state index contributed by atoms with van der Waals surface area (Å²) in [7, 11) is 0. The van der Waals surface area contributed by atoms with E-state index < -0.39 is 29.4 Å². The molecule has 2 bridgehead atoms. The van der Waals surface area contributed by atoms with Crippen LogP contribution in [0.4, 0.5) is 13.2 Å². The summed E-state index contributed by atoms with van der Waals surface area (Å²) in [6.45, 7) is 3.06. The highest BCUT2D eigenvalue weighted by atomic mass is 19.2. The Morgan fingerprint density at radius 1 is 0.929 bits per heavy atom. The number of carbonyl (C=O) groups is 1. The molecule has 0 saturated carbocycles. The Bertz CT molecular complexity index is 858. The number of carbonyl (C=O) groups excluding carboxylic acids is 1. The molecule has 3 saturated heterocycles. The SMILES string of the molecule is O=C(Cc1c(F)ccc(F)c1F)N1C[C@H]2CC[C@@H]1CN(Cc1ccccc1)C2. The van der Waals surface area contributed by atoms with Gasteiger partial charge in [-0.3, -0.25) is 9.69 Å². The van der Waals surface area contributed by atoms with Gasteiger partial charge in [0, 0.05) is 37.8 Å². The molecule has 3 fully saturated rings. The topological polar surface area (TPSA) is 23.6 Å². The van der Waals surface area contributed by atoms with Crippen molar-refractivity contribution in [3.8, 4) is 0 Å². The quantitative estimate of drug-likeness (QED) is 0.745. The summed E-state index contributed by atoms with van der Waals surface area (Å²) in [6.07, 6.45) is 1.48. The zero-order valence-corrected chi connectivity index (χ0v) is 15.6. The van der Waals surface area contributed by atoms with Crippen LogP contribution in [0.3, 0.4) is 0 Å². The molecule has 0 spiro atoms. The maximum atomic E-state index is 14.0. The molecule has 148 valence electrons. The molecule has 2 aromatic carbocycles. The van der Waals surface area contributed by atoms with Crippen molar-refractivity contribution in [2.45, 2.75) is 31.8 Å². The lowest BCUT2D eigenvalue weighted by molar-refractivity contribution is -0.134. The number of hydrogen-bond acceptors (Lipinski definition) is 2. The minimum atomic E-state index is -1.26. The van der Waals surface area contributed by atoms with Crippen LogP contribution in [0.2, 0.25) is 0 Å². The van der Waals surface area contributed by atoms with Crippen LogP contribution in [0.1, 0.15) is 24.0 Å². The van der Waals surface area contributed by atoms with E-state index in [2.05, 4.69) is 17.0 Å². The first kappa shape index (κ1) is 19.0. The van der Waals surface area contributed by atoms with E-state index in [4.69, 9.17) is 0 Å². The molecule has 0 N–H and O–H groups in total. The largest absolute Gasteiger partial charge is 0.338 e. The van der Waals surface area contributed by atoms with E-state index in [-0.39, 0.29) is 11.9 Å². The van der Waals surface area contributed by atoms with Crippen LogP contribution in [0.25, 0.3) is 0 Å². The third kappa shape index (κ3) is 3.92. The van der Waals surface area contributed by atoms with E-state index in [0.717, 1.165) is 44.6 Å². The zero-order valence-electron chi connectivity index (χ0n) is 15.6. The van der Waals surface area contributed by atoms with Gasteiger partial charge >= 0.3 is 0 Å². The van der Waals surface area contributed by atoms with E-state index in [0.29, 0.717) is 12.5 Å². The molecule has 6 heteroatoms. The van der Waals surface area contributed by atoms with Crippen LogP contribution < -0.4 is 0 Å². The molecule has 0 aromatic heterocycles. The fourth-order valence-corrected chi connectivity index (χ4v) is 4.44. The lowest BCUT2D eigenvalue weighted by atomic mass is 9.94. The molecule has 0 aliphatic carbocycles. The predicted octanol–water partition coefficient (Wildman–Crippen LogP) is 3.77. The number of benzene rings is 2. The summed E-state index contributed by atoms with van der Waals surface area (Å²) in [5.74, 6) is -3.26. The van der Waals surface area contributed by atoms with Gasteiger partial charge in [-0.15, -0.1) is 0 Å². The predicted molar refractivity (Wildman–Crippen MR) is 100.0 cm³/mol. The maximum Gasteiger partial charge on any atom is 0.227 e. The Morgan fingerprint density at radius 2 is 1.68 bits per heavy atom. The van der Waals surface area contributed by atoms with Crippen LogP contribution in [-0.4, -0.2) is 41.4 Å². The van der Waals surface area contributed by atoms with Gasteiger partial charge in [-0.25, -0.2) is 13.2 Å². The smallest absolute Gasteiger partial charge is 0.227 e. The van der Waals surface area contributed by atoms with E-state index >= 15 is 0 Å². The van der Waals surface area contributed by atoms with Crippen LogP contribution in [0.5, 0.6) is 0 Å². The van der Waals surface area contributed by atoms with Gasteiger partial charge in [0.2, 0.25) is 5.91 Å². The molecule has 0 unspecified atom stereocenters. The Labute approximate surface area is 162 Å². The van der Waals surface area contributed by atoms with Gasteiger partial charge < -0.3 is 4.90 Å². The Hall–Kier alpha value is -2.34. The van der Waals surface area contributed by atoms with Crippen molar-refractivity contribution in [2.24, 2.45) is 5.92 Å². The molecule has 0 radical (unpaired) electrons. The van der Waals surface area contributed by atoms with Crippen LogP contribution in [0, 0.1) is 23.4 Å². The van der Waals surface area contributed by atoms with Crippen molar-refractivity contribution in [1.82, 2.24) is 9.80 Å². The summed E-state index contributed by atoms with van der Waals surface area (Å²) in [6, 6.07) is 11.8. The minimum absolute atomic E-state index is 0.0228. The summed E-state index contributed by atoms with van der Waals surface area (Å²) in [5, 5.41) is 0. The number of rotatable bonds is 4. The molecular weight excluding hydrogens is 365 g/mol. The number of nitrogens with zero attached hydrogens (tertiary/aromatic N) is 2. The second-order valence-corrected chi connectivity index (χ2v) is 7.82. The van der Waals surface area contributed by atoms with Crippen molar-refractivity contribution in [1.29, 1.82) is 0 Å². The van der Waals surface area contributed by atoms with E-state index in [9.17, 15) is 18.0 Å². The van der Waals surface area contributed by atoms with Crippen molar-refractivity contribution < 1.29 is 18.0 Å². The van der Waals surface area contributed by atoms with Crippen molar-refractivity contribution in [3.05, 3.63) is 71.0 Å². The van der Waals surface area contributed by atoms with E-state index in [1.807, 2.05) is 18.2 Å². The number of amides is 1. The highest BCUT2D eigenvalue weighted by molar-refractivity contribution is 5.79. The van der Waals surface area contributed by atoms with Crippen molar-refractivity contribution in [2.75, 3.05) is 19.6 Å². The number of halogens is 3. The zero-order chi connectivity index (χ0) is 19.7. The average molecular weight is 388 g/mol. The highest BCUT2D eigenvalue weighted by Crippen LogP contribution is 2.30. The van der Waals surface area contributed by atoms with Gasteiger partial charge in [-0.1, -0.05) is 30.3 Å². The van der Waals surface area contributed by atoms with E-state index in [1.54, 1.807) is 4.90 Å². The lowest BCUT2D eigenvalue weighted by Gasteiger charge is -2.36. The van der Waals surface area contributed by atoms with Gasteiger partial charge in [-0.05, 0) is 36.5 Å². The highest BCUT2D eigenvalue weighted by Gasteiger charge is 2.37. The Kier molecular flexibility index (Phi) is 5.40. The molecule has 3 aliphatic heterocycles. The molecule has 2 atom stereocenters. The van der Waals surface area contributed by atoms with Crippen LogP contribution in [0.15, 0.2) is 42.5 Å². The van der Waals surface area contributed by atoms with Gasteiger partial charge in [-0.2, -0.15) is 0 Å². The van der Waals surface area contributed by atoms with Gasteiger partial charge in [0.15, 0.2) is 11.6 Å². The molecule has 3 heterocycles. The van der Waals surface area contributed by atoms with Crippen LogP contribution >= 0.6 is 0 Å². The lowest BCUT2D eigenvalue weighted by Crippen LogP contribution is -2.48. The second kappa shape index (κ2) is 7.95. The molecule has 3 nitrogen and oxygen atoms in total. The molecule has 3 aliphatic rings. The first-order chi connectivity index (χ1) is 13.5. The van der Waals surface area contributed by atoms with Crippen LogP contribution in [-0.2, 0) is 17.8 Å². The number of hydrogen-bond donors (Lipinski definition) is 0. The van der Waals surface area contributed by atoms with Gasteiger partial charge in [0.25, 0.3) is 0 Å². The fraction of sp³-hybridized carbons (Fsp3) is 0.409. The fourth-order valence-electron chi connectivity index (χ4n) is 4.44. The third-order valence-electron chi connectivity index (χ3n) is 5.83. The standard InChI is InChI=1S/C22H23F3N2O/c23-19-8-9-20(24)22(25)18(19)10-21(28)27-13-16-6-7-17(27)14-26(12-16)11-15-4-2-1-3-5-15/h1-5,8-9,16-17H,6-7,10-14H2/t16-,17+/m0/s1. The molecular formula is C22H23F3N2O. The van der Waals surface area contributed by atoms with E-state index in [1.165, 1.54) is 5.56 Å². The molecule has 28 heavy (non-hydrogen) atoms.